The van der Waals surface area contributed by atoms with E-state index in [2.05, 4.69) is 38.2 Å². The molecule has 2 saturated carbocycles. The molecule has 2 atom stereocenters. The lowest BCUT2D eigenvalue weighted by Crippen LogP contribution is -2.32. The fraction of sp³-hybridized carbons (Fsp3) is 0.778. The molecule has 3 rings (SSSR count). The second kappa shape index (κ2) is 6.39. The molecule has 1 heterocycles. The molecule has 1 N–H and O–H groups in total. The minimum atomic E-state index is 0.442. The molecule has 2 nitrogen and oxygen atoms in total. The third-order valence-electron chi connectivity index (χ3n) is 4.67. The summed E-state index contributed by atoms with van der Waals surface area (Å²) in [5, 5.41) is 3.58. The summed E-state index contributed by atoms with van der Waals surface area (Å²) >= 11 is 1.90. The molecule has 1 aromatic rings. The van der Waals surface area contributed by atoms with E-state index in [4.69, 9.17) is 4.74 Å². The van der Waals surface area contributed by atoms with E-state index < -0.39 is 0 Å². The molecule has 2 aliphatic rings. The average molecular weight is 308 g/mol. The van der Waals surface area contributed by atoms with E-state index in [1.807, 2.05) is 11.3 Å². The van der Waals surface area contributed by atoms with Crippen molar-refractivity contribution in [1.82, 2.24) is 5.32 Å². The summed E-state index contributed by atoms with van der Waals surface area (Å²) in [6.07, 6.45) is 6.93. The molecule has 0 spiro atoms. The Kier molecular flexibility index (Phi) is 4.72. The van der Waals surface area contributed by atoms with Crippen molar-refractivity contribution >= 4 is 11.3 Å². The zero-order valence-electron chi connectivity index (χ0n) is 13.7. The maximum absolute atomic E-state index is 6.22. The van der Waals surface area contributed by atoms with Crippen molar-refractivity contribution in [2.75, 3.05) is 0 Å². The van der Waals surface area contributed by atoms with Crippen molar-refractivity contribution in [2.24, 2.45) is 11.3 Å². The standard InChI is InChI=1S/C18H29NOS/c1-13-8-15(10-18(2,3)9-13)20-12-17-7-6-16(21-17)11-19-14-4-5-14/h6-7,13-15,19H,4-5,8-12H2,1-3H3. The predicted molar refractivity (Wildman–Crippen MR) is 89.6 cm³/mol. The minimum Gasteiger partial charge on any atom is -0.373 e. The van der Waals surface area contributed by atoms with Crippen molar-refractivity contribution in [3.05, 3.63) is 21.9 Å². The molecule has 0 aliphatic heterocycles. The molecular formula is C18H29NOS. The van der Waals surface area contributed by atoms with Crippen LogP contribution >= 0.6 is 11.3 Å². The van der Waals surface area contributed by atoms with Crippen molar-refractivity contribution in [3.63, 3.8) is 0 Å². The van der Waals surface area contributed by atoms with E-state index >= 15 is 0 Å². The maximum Gasteiger partial charge on any atom is 0.0813 e. The smallest absolute Gasteiger partial charge is 0.0813 e. The molecule has 0 aromatic carbocycles. The third kappa shape index (κ3) is 4.80. The molecule has 0 radical (unpaired) electrons. The molecule has 2 fully saturated rings. The van der Waals surface area contributed by atoms with Crippen molar-refractivity contribution in [2.45, 2.75) is 78.2 Å². The summed E-state index contributed by atoms with van der Waals surface area (Å²) in [5.41, 5.74) is 0.442. The van der Waals surface area contributed by atoms with Gasteiger partial charge in [-0.05, 0) is 55.6 Å². The van der Waals surface area contributed by atoms with E-state index in [-0.39, 0.29) is 0 Å². The SMILES string of the molecule is CC1CC(OCc2ccc(CNC3CC3)s2)CC(C)(C)C1. The van der Waals surface area contributed by atoms with Gasteiger partial charge >= 0.3 is 0 Å². The van der Waals surface area contributed by atoms with Gasteiger partial charge < -0.3 is 10.1 Å². The number of thiophene rings is 1. The Morgan fingerprint density at radius 2 is 2.00 bits per heavy atom. The van der Waals surface area contributed by atoms with Gasteiger partial charge in [0.25, 0.3) is 0 Å². The zero-order valence-corrected chi connectivity index (χ0v) is 14.5. The molecule has 21 heavy (non-hydrogen) atoms. The van der Waals surface area contributed by atoms with Gasteiger partial charge in [0.15, 0.2) is 0 Å². The van der Waals surface area contributed by atoms with Crippen LogP contribution in [0.25, 0.3) is 0 Å². The van der Waals surface area contributed by atoms with Crippen LogP contribution in [-0.2, 0) is 17.9 Å². The highest BCUT2D eigenvalue weighted by molar-refractivity contribution is 7.11. The summed E-state index contributed by atoms with van der Waals surface area (Å²) in [4.78, 5) is 2.82. The first-order chi connectivity index (χ1) is 10.00. The van der Waals surface area contributed by atoms with Gasteiger partial charge in [0, 0.05) is 22.3 Å². The quantitative estimate of drug-likeness (QED) is 0.820. The highest BCUT2D eigenvalue weighted by atomic mass is 32.1. The van der Waals surface area contributed by atoms with Crippen LogP contribution in [0.15, 0.2) is 12.1 Å². The van der Waals surface area contributed by atoms with E-state index in [0.29, 0.717) is 11.5 Å². The number of nitrogens with one attached hydrogen (secondary N) is 1. The molecule has 3 heteroatoms. The summed E-state index contributed by atoms with van der Waals surface area (Å²) in [6, 6.07) is 5.29. The fourth-order valence-corrected chi connectivity index (χ4v) is 4.60. The van der Waals surface area contributed by atoms with Crippen LogP contribution in [0.2, 0.25) is 0 Å². The molecule has 2 unspecified atom stereocenters. The zero-order chi connectivity index (χ0) is 14.9. The Hall–Kier alpha value is -0.380. The molecular weight excluding hydrogens is 278 g/mol. The van der Waals surface area contributed by atoms with E-state index in [0.717, 1.165) is 25.1 Å². The topological polar surface area (TPSA) is 21.3 Å². The van der Waals surface area contributed by atoms with E-state index in [1.54, 1.807) is 0 Å². The van der Waals surface area contributed by atoms with Gasteiger partial charge in [-0.25, -0.2) is 0 Å². The lowest BCUT2D eigenvalue weighted by atomic mass is 9.71. The van der Waals surface area contributed by atoms with Gasteiger partial charge in [-0.1, -0.05) is 20.8 Å². The second-order valence-electron chi connectivity index (χ2n) is 7.87. The van der Waals surface area contributed by atoms with Gasteiger partial charge in [0.2, 0.25) is 0 Å². The third-order valence-corrected chi connectivity index (χ3v) is 5.73. The van der Waals surface area contributed by atoms with Gasteiger partial charge in [-0.15, -0.1) is 11.3 Å². The largest absolute Gasteiger partial charge is 0.373 e. The first kappa shape index (κ1) is 15.5. The summed E-state index contributed by atoms with van der Waals surface area (Å²) in [7, 11) is 0. The van der Waals surface area contributed by atoms with Gasteiger partial charge in [-0.3, -0.25) is 0 Å². The van der Waals surface area contributed by atoms with Crippen LogP contribution in [0.4, 0.5) is 0 Å². The molecule has 2 aliphatic carbocycles. The number of rotatable bonds is 6. The van der Waals surface area contributed by atoms with E-state index in [9.17, 15) is 0 Å². The monoisotopic (exact) mass is 307 g/mol. The average Bonchev–Trinajstić information content (AvgIpc) is 3.10. The predicted octanol–water partition coefficient (Wildman–Crippen LogP) is 4.73. The van der Waals surface area contributed by atoms with Crippen molar-refractivity contribution < 1.29 is 4.74 Å². The molecule has 0 saturated heterocycles. The van der Waals surface area contributed by atoms with E-state index in [1.165, 1.54) is 41.9 Å². The Balaban J connectivity index is 1.45. The highest BCUT2D eigenvalue weighted by Crippen LogP contribution is 2.40. The Morgan fingerprint density at radius 1 is 1.24 bits per heavy atom. The normalized spacial score (nSPS) is 28.7. The first-order valence-electron chi connectivity index (χ1n) is 8.43. The summed E-state index contributed by atoms with van der Waals surface area (Å²) in [5.74, 6) is 0.792. The van der Waals surface area contributed by atoms with Crippen molar-refractivity contribution in [1.29, 1.82) is 0 Å². The fourth-order valence-electron chi connectivity index (χ4n) is 3.71. The van der Waals surface area contributed by atoms with Crippen LogP contribution in [0.1, 0.15) is 62.6 Å². The summed E-state index contributed by atoms with van der Waals surface area (Å²) in [6.45, 7) is 8.95. The lowest BCUT2D eigenvalue weighted by molar-refractivity contribution is -0.0306. The van der Waals surface area contributed by atoms with Crippen LogP contribution in [0, 0.1) is 11.3 Å². The molecule has 118 valence electrons. The Morgan fingerprint density at radius 3 is 2.71 bits per heavy atom. The second-order valence-corrected chi connectivity index (χ2v) is 9.12. The first-order valence-corrected chi connectivity index (χ1v) is 9.24. The summed E-state index contributed by atoms with van der Waals surface area (Å²) < 4.78 is 6.22. The molecule has 1 aromatic heterocycles. The highest BCUT2D eigenvalue weighted by Gasteiger charge is 2.32. The number of hydrogen-bond acceptors (Lipinski definition) is 3. The van der Waals surface area contributed by atoms with Gasteiger partial charge in [-0.2, -0.15) is 0 Å². The van der Waals surface area contributed by atoms with Gasteiger partial charge in [0.1, 0.15) is 0 Å². The van der Waals surface area contributed by atoms with Crippen molar-refractivity contribution in [3.8, 4) is 0 Å². The lowest BCUT2D eigenvalue weighted by Gasteiger charge is -2.38. The molecule has 0 bridgehead atoms. The van der Waals surface area contributed by atoms with Crippen LogP contribution in [0.3, 0.4) is 0 Å². The van der Waals surface area contributed by atoms with Crippen LogP contribution in [0.5, 0.6) is 0 Å². The maximum atomic E-state index is 6.22. The van der Waals surface area contributed by atoms with Gasteiger partial charge in [0.05, 0.1) is 12.7 Å². The Labute approximate surface area is 133 Å². The minimum absolute atomic E-state index is 0.442. The Bertz CT molecular complexity index is 464. The number of ether oxygens (including phenoxy) is 1. The number of hydrogen-bond donors (Lipinski definition) is 1. The van der Waals surface area contributed by atoms with Crippen LogP contribution in [-0.4, -0.2) is 12.1 Å². The molecule has 0 amide bonds. The van der Waals surface area contributed by atoms with Crippen LogP contribution < -0.4 is 5.32 Å².